The number of rotatable bonds is 3. The molecule has 0 aromatic heterocycles. The van der Waals surface area contributed by atoms with Crippen LogP contribution in [0.25, 0.3) is 0 Å². The first-order valence-electron chi connectivity index (χ1n) is 6.93. The topological polar surface area (TPSA) is 23.5 Å². The standard InChI is InChI=1S/C17H17F2NO/c18-17(19)13-20(11-14-7-3-1-4-8-14)12-16(17,21)15-9-5-2-6-10-15/h1-10,21H,11-13H2. The zero-order valence-corrected chi connectivity index (χ0v) is 11.5. The third kappa shape index (κ3) is 2.57. The summed E-state index contributed by atoms with van der Waals surface area (Å²) in [6.45, 7) is -0.0994. The number of alkyl halides is 2. The summed E-state index contributed by atoms with van der Waals surface area (Å²) in [5.74, 6) is -3.16. The van der Waals surface area contributed by atoms with E-state index in [2.05, 4.69) is 0 Å². The lowest BCUT2D eigenvalue weighted by Crippen LogP contribution is -2.44. The Bertz CT molecular complexity index is 603. The van der Waals surface area contributed by atoms with Crippen LogP contribution in [-0.4, -0.2) is 29.0 Å². The van der Waals surface area contributed by atoms with Crippen LogP contribution >= 0.6 is 0 Å². The molecule has 0 spiro atoms. The number of benzene rings is 2. The molecule has 0 aliphatic carbocycles. The van der Waals surface area contributed by atoms with Gasteiger partial charge in [0.05, 0.1) is 6.54 Å². The number of nitrogens with zero attached hydrogens (tertiary/aromatic N) is 1. The highest BCUT2D eigenvalue weighted by molar-refractivity contribution is 5.28. The second kappa shape index (κ2) is 5.20. The maximum atomic E-state index is 14.3. The van der Waals surface area contributed by atoms with Crippen LogP contribution in [0.15, 0.2) is 60.7 Å². The minimum absolute atomic E-state index is 0.0705. The summed E-state index contributed by atoms with van der Waals surface area (Å²) in [5.41, 5.74) is -0.889. The van der Waals surface area contributed by atoms with Crippen molar-refractivity contribution in [3.8, 4) is 0 Å². The Hall–Kier alpha value is -1.78. The van der Waals surface area contributed by atoms with Crippen LogP contribution in [0.3, 0.4) is 0 Å². The Morgan fingerprint density at radius 2 is 1.48 bits per heavy atom. The lowest BCUT2D eigenvalue weighted by molar-refractivity contribution is -0.151. The van der Waals surface area contributed by atoms with Crippen LogP contribution in [0.5, 0.6) is 0 Å². The molecular weight excluding hydrogens is 272 g/mol. The first kappa shape index (κ1) is 14.2. The van der Waals surface area contributed by atoms with Gasteiger partial charge in [0.15, 0.2) is 5.60 Å². The highest BCUT2D eigenvalue weighted by atomic mass is 19.3. The third-order valence-corrected chi connectivity index (χ3v) is 3.98. The fraction of sp³-hybridized carbons (Fsp3) is 0.294. The smallest absolute Gasteiger partial charge is 0.293 e. The van der Waals surface area contributed by atoms with Crippen molar-refractivity contribution in [1.82, 2.24) is 4.90 Å². The van der Waals surface area contributed by atoms with E-state index >= 15 is 0 Å². The highest BCUT2D eigenvalue weighted by Gasteiger charge is 2.60. The molecule has 21 heavy (non-hydrogen) atoms. The summed E-state index contributed by atoms with van der Waals surface area (Å²) in [7, 11) is 0. The third-order valence-electron chi connectivity index (χ3n) is 3.98. The molecule has 0 radical (unpaired) electrons. The molecule has 0 saturated carbocycles. The van der Waals surface area contributed by atoms with Gasteiger partial charge in [0.2, 0.25) is 0 Å². The van der Waals surface area contributed by atoms with Gasteiger partial charge in [-0.25, -0.2) is 8.78 Å². The van der Waals surface area contributed by atoms with Crippen LogP contribution in [0.1, 0.15) is 11.1 Å². The van der Waals surface area contributed by atoms with Crippen LogP contribution in [0, 0.1) is 0 Å². The first-order valence-corrected chi connectivity index (χ1v) is 6.93. The predicted octanol–water partition coefficient (Wildman–Crippen LogP) is 3.03. The number of aliphatic hydroxyl groups is 1. The van der Waals surface area contributed by atoms with Gasteiger partial charge < -0.3 is 5.11 Å². The number of β-amino-alcohol motifs (C(OH)–C–C–N with tert-alkyl or cyclic N) is 1. The molecule has 0 amide bonds. The van der Waals surface area contributed by atoms with E-state index in [-0.39, 0.29) is 12.1 Å². The van der Waals surface area contributed by atoms with Gasteiger partial charge in [-0.2, -0.15) is 0 Å². The normalized spacial score (nSPS) is 25.1. The second-order valence-electron chi connectivity index (χ2n) is 5.56. The summed E-state index contributed by atoms with van der Waals surface area (Å²) < 4.78 is 28.7. The van der Waals surface area contributed by atoms with Crippen molar-refractivity contribution in [1.29, 1.82) is 0 Å². The summed E-state index contributed by atoms with van der Waals surface area (Å²) >= 11 is 0. The maximum absolute atomic E-state index is 14.3. The van der Waals surface area contributed by atoms with Gasteiger partial charge in [-0.1, -0.05) is 60.7 Å². The lowest BCUT2D eigenvalue weighted by atomic mass is 9.90. The van der Waals surface area contributed by atoms with Gasteiger partial charge in [-0.05, 0) is 11.1 Å². The van der Waals surface area contributed by atoms with Gasteiger partial charge in [0.1, 0.15) is 0 Å². The molecule has 0 bridgehead atoms. The van der Waals surface area contributed by atoms with Gasteiger partial charge in [-0.3, -0.25) is 4.90 Å². The fourth-order valence-corrected chi connectivity index (χ4v) is 2.88. The predicted molar refractivity (Wildman–Crippen MR) is 77.0 cm³/mol. The van der Waals surface area contributed by atoms with E-state index in [9.17, 15) is 13.9 Å². The van der Waals surface area contributed by atoms with E-state index in [1.54, 1.807) is 35.2 Å². The summed E-state index contributed by atoms with van der Waals surface area (Å²) in [4.78, 5) is 1.60. The van der Waals surface area contributed by atoms with Crippen LogP contribution in [0.2, 0.25) is 0 Å². The molecule has 1 heterocycles. The zero-order valence-electron chi connectivity index (χ0n) is 11.5. The molecule has 1 aliphatic heterocycles. The molecule has 1 unspecified atom stereocenters. The molecule has 1 saturated heterocycles. The zero-order chi connectivity index (χ0) is 14.9. The molecule has 2 nitrogen and oxygen atoms in total. The van der Waals surface area contributed by atoms with Gasteiger partial charge in [0.25, 0.3) is 5.92 Å². The average Bonchev–Trinajstić information content (AvgIpc) is 2.71. The number of hydrogen-bond acceptors (Lipinski definition) is 2. The summed E-state index contributed by atoms with van der Waals surface area (Å²) in [6.07, 6.45) is 0. The highest BCUT2D eigenvalue weighted by Crippen LogP contribution is 2.44. The Balaban J connectivity index is 1.84. The minimum atomic E-state index is -3.16. The molecule has 1 N–H and O–H groups in total. The van der Waals surface area contributed by atoms with Crippen LogP contribution in [0.4, 0.5) is 8.78 Å². The molecule has 2 aromatic carbocycles. The molecule has 3 rings (SSSR count). The fourth-order valence-electron chi connectivity index (χ4n) is 2.88. The molecule has 1 fully saturated rings. The minimum Gasteiger partial charge on any atom is -0.377 e. The Labute approximate surface area is 122 Å². The van der Waals surface area contributed by atoms with Crippen LogP contribution < -0.4 is 0 Å². The molecule has 4 heteroatoms. The van der Waals surface area contributed by atoms with Crippen molar-refractivity contribution < 1.29 is 13.9 Å². The van der Waals surface area contributed by atoms with Gasteiger partial charge >= 0.3 is 0 Å². The average molecular weight is 289 g/mol. The monoisotopic (exact) mass is 289 g/mol. The van der Waals surface area contributed by atoms with Crippen molar-refractivity contribution in [3.05, 3.63) is 71.8 Å². The van der Waals surface area contributed by atoms with Crippen molar-refractivity contribution in [2.75, 3.05) is 13.1 Å². The van der Waals surface area contributed by atoms with Crippen molar-refractivity contribution in [3.63, 3.8) is 0 Å². The molecule has 2 aromatic rings. The van der Waals surface area contributed by atoms with E-state index in [1.165, 1.54) is 0 Å². The molecule has 1 atom stereocenters. The van der Waals surface area contributed by atoms with Crippen molar-refractivity contribution >= 4 is 0 Å². The van der Waals surface area contributed by atoms with Gasteiger partial charge in [-0.15, -0.1) is 0 Å². The quantitative estimate of drug-likeness (QED) is 0.939. The Morgan fingerprint density at radius 3 is 2.10 bits per heavy atom. The van der Waals surface area contributed by atoms with E-state index in [1.807, 2.05) is 30.3 Å². The largest absolute Gasteiger partial charge is 0.377 e. The molecule has 110 valence electrons. The Morgan fingerprint density at radius 1 is 0.905 bits per heavy atom. The SMILES string of the molecule is OC1(c2ccccc2)CN(Cc2ccccc2)CC1(F)F. The molecule has 1 aliphatic rings. The van der Waals surface area contributed by atoms with Gasteiger partial charge in [0, 0.05) is 13.1 Å². The van der Waals surface area contributed by atoms with Crippen molar-refractivity contribution in [2.24, 2.45) is 0 Å². The maximum Gasteiger partial charge on any atom is 0.293 e. The lowest BCUT2D eigenvalue weighted by Gasteiger charge is -2.28. The summed E-state index contributed by atoms with van der Waals surface area (Å²) in [5, 5.41) is 10.5. The van der Waals surface area contributed by atoms with E-state index in [4.69, 9.17) is 0 Å². The molecular formula is C17H17F2NO. The van der Waals surface area contributed by atoms with Crippen molar-refractivity contribution in [2.45, 2.75) is 18.1 Å². The van der Waals surface area contributed by atoms with E-state index in [0.717, 1.165) is 5.56 Å². The van der Waals surface area contributed by atoms with E-state index < -0.39 is 18.1 Å². The first-order chi connectivity index (χ1) is 10.0. The number of halogens is 2. The van der Waals surface area contributed by atoms with Crippen LogP contribution in [-0.2, 0) is 12.1 Å². The number of likely N-dealkylation sites (tertiary alicyclic amines) is 1. The Kier molecular flexibility index (Phi) is 3.51. The second-order valence-corrected chi connectivity index (χ2v) is 5.56. The summed E-state index contributed by atoms with van der Waals surface area (Å²) in [6, 6.07) is 17.7. The number of hydrogen-bond donors (Lipinski definition) is 1. The van der Waals surface area contributed by atoms with E-state index in [0.29, 0.717) is 6.54 Å².